The van der Waals surface area contributed by atoms with E-state index in [1.165, 1.54) is 18.2 Å². The van der Waals surface area contributed by atoms with Gasteiger partial charge >= 0.3 is 0 Å². The summed E-state index contributed by atoms with van der Waals surface area (Å²) in [6.45, 7) is 1.87. The lowest BCUT2D eigenvalue weighted by Gasteiger charge is -2.03. The molecule has 3 heteroatoms. The predicted molar refractivity (Wildman–Crippen MR) is 54.3 cm³/mol. The van der Waals surface area contributed by atoms with Gasteiger partial charge in [-0.05, 0) is 30.7 Å². The molecule has 0 saturated heterocycles. The third kappa shape index (κ3) is 1.86. The van der Waals surface area contributed by atoms with Gasteiger partial charge in [-0.1, -0.05) is 12.1 Å². The second kappa shape index (κ2) is 3.77. The molecule has 76 valence electrons. The summed E-state index contributed by atoms with van der Waals surface area (Å²) >= 11 is 0. The minimum absolute atomic E-state index is 0.0718. The van der Waals surface area contributed by atoms with Crippen molar-refractivity contribution in [3.8, 4) is 11.3 Å². The minimum atomic E-state index is -0.591. The van der Waals surface area contributed by atoms with Crippen molar-refractivity contribution < 1.29 is 8.78 Å². The molecule has 0 unspecified atom stereocenters. The maximum atomic E-state index is 13.4. The van der Waals surface area contributed by atoms with Crippen molar-refractivity contribution in [2.24, 2.45) is 0 Å². The molecule has 2 rings (SSSR count). The fraction of sp³-hybridized carbons (Fsp3) is 0.0833. The number of aromatic nitrogens is 1. The number of aryl methyl sites for hydroxylation is 1. The molecule has 1 aromatic heterocycles. The van der Waals surface area contributed by atoms with E-state index < -0.39 is 11.6 Å². The van der Waals surface area contributed by atoms with Crippen LogP contribution in [-0.2, 0) is 0 Å². The summed E-state index contributed by atoms with van der Waals surface area (Å²) in [5.41, 5.74) is 1.20. The zero-order valence-electron chi connectivity index (χ0n) is 8.17. The molecule has 0 saturated carbocycles. The Bertz CT molecular complexity index is 457. The van der Waals surface area contributed by atoms with Gasteiger partial charge in [-0.2, -0.15) is 0 Å². The lowest BCUT2D eigenvalue weighted by Crippen LogP contribution is -1.92. The number of pyridine rings is 1. The fourth-order valence-corrected chi connectivity index (χ4v) is 1.36. The zero-order valence-corrected chi connectivity index (χ0v) is 8.17. The molecule has 0 aliphatic carbocycles. The highest BCUT2D eigenvalue weighted by atomic mass is 19.1. The van der Waals surface area contributed by atoms with Crippen LogP contribution in [0.25, 0.3) is 11.3 Å². The summed E-state index contributed by atoms with van der Waals surface area (Å²) in [4.78, 5) is 3.99. The summed E-state index contributed by atoms with van der Waals surface area (Å²) in [7, 11) is 0. The second-order valence-corrected chi connectivity index (χ2v) is 3.32. The van der Waals surface area contributed by atoms with E-state index in [1.807, 2.05) is 6.92 Å². The van der Waals surface area contributed by atoms with Crippen LogP contribution in [-0.4, -0.2) is 4.98 Å². The number of rotatable bonds is 1. The Labute approximate surface area is 86.4 Å². The molecule has 0 bridgehead atoms. The monoisotopic (exact) mass is 205 g/mol. The van der Waals surface area contributed by atoms with Gasteiger partial charge in [0.2, 0.25) is 0 Å². The molecule has 1 heterocycles. The summed E-state index contributed by atoms with van der Waals surface area (Å²) in [5.74, 6) is -1.18. The van der Waals surface area contributed by atoms with Crippen LogP contribution in [0.5, 0.6) is 0 Å². The Balaban J connectivity index is 2.58. The summed E-state index contributed by atoms with van der Waals surface area (Å²) < 4.78 is 26.7. The van der Waals surface area contributed by atoms with Gasteiger partial charge in [0.15, 0.2) is 0 Å². The lowest BCUT2D eigenvalue weighted by atomic mass is 10.1. The number of hydrogen-bond acceptors (Lipinski definition) is 1. The Morgan fingerprint density at radius 1 is 1.00 bits per heavy atom. The molecule has 15 heavy (non-hydrogen) atoms. The third-order valence-electron chi connectivity index (χ3n) is 2.13. The number of halogens is 2. The van der Waals surface area contributed by atoms with E-state index in [9.17, 15) is 8.78 Å². The van der Waals surface area contributed by atoms with Crippen LogP contribution in [0.1, 0.15) is 5.56 Å². The van der Waals surface area contributed by atoms with Crippen molar-refractivity contribution >= 4 is 0 Å². The van der Waals surface area contributed by atoms with Crippen molar-refractivity contribution in [3.05, 3.63) is 53.7 Å². The Morgan fingerprint density at radius 2 is 1.67 bits per heavy atom. The second-order valence-electron chi connectivity index (χ2n) is 3.32. The van der Waals surface area contributed by atoms with Crippen molar-refractivity contribution in [1.29, 1.82) is 0 Å². The minimum Gasteiger partial charge on any atom is -0.256 e. The number of hydrogen-bond donors (Lipinski definition) is 0. The van der Waals surface area contributed by atoms with Crippen molar-refractivity contribution in [2.75, 3.05) is 0 Å². The molecule has 0 aliphatic rings. The van der Waals surface area contributed by atoms with Crippen molar-refractivity contribution in [3.63, 3.8) is 0 Å². The van der Waals surface area contributed by atoms with Gasteiger partial charge in [-0.15, -0.1) is 0 Å². The smallest absolute Gasteiger partial charge is 0.135 e. The van der Waals surface area contributed by atoms with Gasteiger partial charge in [0.1, 0.15) is 11.6 Å². The van der Waals surface area contributed by atoms with Crippen LogP contribution >= 0.6 is 0 Å². The van der Waals surface area contributed by atoms with Gasteiger partial charge in [0, 0.05) is 6.20 Å². The molecule has 1 nitrogen and oxygen atoms in total. The van der Waals surface area contributed by atoms with Crippen LogP contribution in [0.3, 0.4) is 0 Å². The van der Waals surface area contributed by atoms with E-state index in [4.69, 9.17) is 0 Å². The van der Waals surface area contributed by atoms with Crippen LogP contribution in [0.4, 0.5) is 8.78 Å². The van der Waals surface area contributed by atoms with Crippen LogP contribution < -0.4 is 0 Å². The molecule has 0 N–H and O–H groups in total. The van der Waals surface area contributed by atoms with Crippen LogP contribution in [0.15, 0.2) is 36.5 Å². The average Bonchev–Trinajstić information content (AvgIpc) is 2.20. The highest BCUT2D eigenvalue weighted by molar-refractivity contribution is 5.60. The van der Waals surface area contributed by atoms with E-state index in [0.29, 0.717) is 5.69 Å². The Kier molecular flexibility index (Phi) is 2.46. The van der Waals surface area contributed by atoms with Gasteiger partial charge in [-0.25, -0.2) is 8.78 Å². The number of benzene rings is 1. The molecule has 0 radical (unpaired) electrons. The van der Waals surface area contributed by atoms with Crippen LogP contribution in [0.2, 0.25) is 0 Å². The summed E-state index contributed by atoms with van der Waals surface area (Å²) in [6.07, 6.45) is 1.58. The summed E-state index contributed by atoms with van der Waals surface area (Å²) in [6, 6.07) is 7.16. The molecule has 1 aromatic carbocycles. The fourth-order valence-electron chi connectivity index (χ4n) is 1.36. The molecular weight excluding hydrogens is 196 g/mol. The van der Waals surface area contributed by atoms with E-state index in [-0.39, 0.29) is 5.56 Å². The first kappa shape index (κ1) is 9.77. The molecule has 2 aromatic rings. The van der Waals surface area contributed by atoms with Gasteiger partial charge in [-0.3, -0.25) is 4.98 Å². The quantitative estimate of drug-likeness (QED) is 0.695. The molecule has 0 aliphatic heterocycles. The summed E-state index contributed by atoms with van der Waals surface area (Å²) in [5, 5.41) is 0. The zero-order chi connectivity index (χ0) is 10.8. The molecular formula is C12H9F2N. The van der Waals surface area contributed by atoms with Crippen molar-refractivity contribution in [2.45, 2.75) is 6.92 Å². The first-order chi connectivity index (χ1) is 7.18. The average molecular weight is 205 g/mol. The molecule has 0 atom stereocenters. The Hall–Kier alpha value is -1.77. The normalized spacial score (nSPS) is 10.3. The van der Waals surface area contributed by atoms with E-state index in [2.05, 4.69) is 4.98 Å². The largest absolute Gasteiger partial charge is 0.256 e. The third-order valence-corrected chi connectivity index (χ3v) is 2.13. The predicted octanol–water partition coefficient (Wildman–Crippen LogP) is 3.34. The Morgan fingerprint density at radius 3 is 2.20 bits per heavy atom. The highest BCUT2D eigenvalue weighted by Gasteiger charge is 2.11. The first-order valence-corrected chi connectivity index (χ1v) is 4.55. The van der Waals surface area contributed by atoms with E-state index in [0.717, 1.165) is 5.56 Å². The maximum Gasteiger partial charge on any atom is 0.135 e. The van der Waals surface area contributed by atoms with Gasteiger partial charge < -0.3 is 0 Å². The topological polar surface area (TPSA) is 12.9 Å². The van der Waals surface area contributed by atoms with Crippen LogP contribution in [0, 0.1) is 18.6 Å². The first-order valence-electron chi connectivity index (χ1n) is 4.55. The molecule has 0 amide bonds. The SMILES string of the molecule is Cc1ccc(-c2c(F)cccc2F)nc1. The molecule has 0 fully saturated rings. The molecule has 0 spiro atoms. The van der Waals surface area contributed by atoms with E-state index >= 15 is 0 Å². The highest BCUT2D eigenvalue weighted by Crippen LogP contribution is 2.23. The van der Waals surface area contributed by atoms with Gasteiger partial charge in [0.25, 0.3) is 0 Å². The van der Waals surface area contributed by atoms with E-state index in [1.54, 1.807) is 18.3 Å². The lowest BCUT2D eigenvalue weighted by molar-refractivity contribution is 0.588. The van der Waals surface area contributed by atoms with Gasteiger partial charge in [0.05, 0.1) is 11.3 Å². The standard InChI is InChI=1S/C12H9F2N/c1-8-5-6-11(15-7-8)12-9(13)3-2-4-10(12)14/h2-7H,1H3. The maximum absolute atomic E-state index is 13.4. The number of nitrogens with zero attached hydrogens (tertiary/aromatic N) is 1. The van der Waals surface area contributed by atoms with Crippen molar-refractivity contribution in [1.82, 2.24) is 4.98 Å².